The quantitative estimate of drug-likeness (QED) is 0.154. The maximum Gasteiger partial charge on any atom is 0.303 e. The Balaban J connectivity index is -0.0000000658. The van der Waals surface area contributed by atoms with Gasteiger partial charge >= 0.3 is 11.9 Å². The van der Waals surface area contributed by atoms with Crippen molar-refractivity contribution in [3.8, 4) is 0 Å². The van der Waals surface area contributed by atoms with Gasteiger partial charge < -0.3 is 51.1 Å². The summed E-state index contributed by atoms with van der Waals surface area (Å²) in [5.41, 5.74) is 0. The van der Waals surface area contributed by atoms with E-state index in [1.165, 1.54) is 0 Å². The molecule has 0 atom stereocenters. The van der Waals surface area contributed by atoms with Gasteiger partial charge in [-0.15, -0.1) is 0 Å². The van der Waals surface area contributed by atoms with Crippen LogP contribution in [0, 0.1) is 0 Å². The van der Waals surface area contributed by atoms with Crippen molar-refractivity contribution in [2.24, 2.45) is 0 Å². The summed E-state index contributed by atoms with van der Waals surface area (Å²) in [6, 6.07) is 0. The number of aliphatic hydroxyl groups excluding tert-OH is 8. The minimum Gasteiger partial charge on any atom is -0.481 e. The summed E-state index contributed by atoms with van der Waals surface area (Å²) >= 11 is 0. The monoisotopic (exact) mass is 480 g/mol. The number of hydrogen-bond acceptors (Lipinski definition) is 10. The number of rotatable bonds is 12. The lowest BCUT2D eigenvalue weighted by Crippen LogP contribution is -1.92. The highest BCUT2D eigenvalue weighted by atomic mass is 16.4. The second-order valence-corrected chi connectivity index (χ2v) is 5.49. The van der Waals surface area contributed by atoms with Crippen LogP contribution in [0.15, 0.2) is 0 Å². The Morgan fingerprint density at radius 3 is 0.719 bits per heavy atom. The summed E-state index contributed by atoms with van der Waals surface area (Å²) in [6.45, 7) is 3.11. The van der Waals surface area contributed by atoms with Gasteiger partial charge in [0.05, 0.1) is 52.9 Å². The van der Waals surface area contributed by atoms with E-state index in [0.29, 0.717) is 12.8 Å². The van der Waals surface area contributed by atoms with Crippen LogP contribution < -0.4 is 0 Å². The molecule has 0 fully saturated rings. The molecule has 0 unspecified atom stereocenters. The van der Waals surface area contributed by atoms with E-state index in [1.54, 1.807) is 0 Å². The lowest BCUT2D eigenvalue weighted by Gasteiger charge is -1.89. The van der Waals surface area contributed by atoms with Crippen molar-refractivity contribution in [1.82, 2.24) is 0 Å². The van der Waals surface area contributed by atoms with Gasteiger partial charge in [0.15, 0.2) is 0 Å². The molecular formula is C20H48O12. The van der Waals surface area contributed by atoms with Gasteiger partial charge in [0, 0.05) is 12.8 Å². The van der Waals surface area contributed by atoms with Crippen molar-refractivity contribution in [2.75, 3.05) is 52.9 Å². The van der Waals surface area contributed by atoms with E-state index in [2.05, 4.69) is 13.8 Å². The number of carboxylic acids is 2. The molecular weight excluding hydrogens is 432 g/mol. The zero-order valence-corrected chi connectivity index (χ0v) is 19.6. The van der Waals surface area contributed by atoms with Crippen LogP contribution in [-0.4, -0.2) is 116 Å². The molecule has 0 amide bonds. The third kappa shape index (κ3) is 137. The van der Waals surface area contributed by atoms with Crippen molar-refractivity contribution < 1.29 is 60.7 Å². The molecule has 0 aliphatic rings. The average Bonchev–Trinajstić information content (AvgIpc) is 2.80. The molecule has 12 nitrogen and oxygen atoms in total. The second kappa shape index (κ2) is 57.1. The lowest BCUT2D eigenvalue weighted by atomic mass is 10.2. The Hall–Kier alpha value is -1.38. The van der Waals surface area contributed by atoms with Crippen LogP contribution in [0.1, 0.15) is 65.2 Å². The second-order valence-electron chi connectivity index (χ2n) is 5.49. The van der Waals surface area contributed by atoms with Crippen LogP contribution in [0.3, 0.4) is 0 Å². The van der Waals surface area contributed by atoms with Crippen LogP contribution >= 0.6 is 0 Å². The molecule has 0 heterocycles. The molecule has 0 rings (SSSR count). The van der Waals surface area contributed by atoms with Crippen molar-refractivity contribution in [3.05, 3.63) is 0 Å². The van der Waals surface area contributed by atoms with E-state index in [0.717, 1.165) is 38.5 Å². The Morgan fingerprint density at radius 2 is 0.625 bits per heavy atom. The van der Waals surface area contributed by atoms with E-state index in [-0.39, 0.29) is 52.9 Å². The molecule has 200 valence electrons. The Labute approximate surface area is 191 Å². The molecule has 12 heteroatoms. The van der Waals surface area contributed by atoms with E-state index >= 15 is 0 Å². The highest BCUT2D eigenvalue weighted by Crippen LogP contribution is 1.97. The summed E-state index contributed by atoms with van der Waals surface area (Å²) in [4.78, 5) is 19.7. The summed E-state index contributed by atoms with van der Waals surface area (Å²) < 4.78 is 0. The number of carbonyl (C=O) groups is 2. The first kappa shape index (κ1) is 44.3. The zero-order chi connectivity index (χ0) is 26.5. The third-order valence-corrected chi connectivity index (χ3v) is 2.39. The molecule has 0 radical (unpaired) electrons. The van der Waals surface area contributed by atoms with Gasteiger partial charge in [-0.1, -0.05) is 39.5 Å². The van der Waals surface area contributed by atoms with Gasteiger partial charge in [-0.2, -0.15) is 0 Å². The maximum absolute atomic E-state index is 9.87. The fourth-order valence-corrected chi connectivity index (χ4v) is 1.05. The van der Waals surface area contributed by atoms with E-state index < -0.39 is 11.9 Å². The normalized spacial score (nSPS) is 8.31. The topological polar surface area (TPSA) is 236 Å². The van der Waals surface area contributed by atoms with E-state index in [9.17, 15) is 9.59 Å². The molecule has 0 aliphatic carbocycles. The van der Waals surface area contributed by atoms with Gasteiger partial charge in [0.2, 0.25) is 0 Å². The lowest BCUT2D eigenvalue weighted by molar-refractivity contribution is -0.138. The highest BCUT2D eigenvalue weighted by molar-refractivity contribution is 5.66. The molecule has 0 aromatic heterocycles. The summed E-state index contributed by atoms with van der Waals surface area (Å²) in [7, 11) is 0. The van der Waals surface area contributed by atoms with Gasteiger partial charge in [-0.3, -0.25) is 9.59 Å². The SMILES string of the molecule is CCCCCC(=O)O.CCCCCC(=O)O.OCCO.OCCO.OCCO.OCCO. The Kier molecular flexibility index (Phi) is 79.0. The highest BCUT2D eigenvalue weighted by Gasteiger charge is 1.93. The molecule has 0 aromatic carbocycles. The Bertz CT molecular complexity index is 248. The van der Waals surface area contributed by atoms with Crippen LogP contribution in [0.4, 0.5) is 0 Å². The number of aliphatic hydroxyl groups is 8. The first-order chi connectivity index (χ1) is 15.2. The standard InChI is InChI=1S/2C6H12O2.4C2H6O2/c2*1-2-3-4-5-6(7)8;4*3-1-2-4/h2*2-5H2,1H3,(H,7,8);4*3-4H,1-2H2. The predicted octanol–water partition coefficient (Wildman–Crippen LogP) is -0.813. The van der Waals surface area contributed by atoms with Crippen molar-refractivity contribution in [1.29, 1.82) is 0 Å². The first-order valence-corrected chi connectivity index (χ1v) is 10.5. The Morgan fingerprint density at radius 1 is 0.438 bits per heavy atom. The number of hydrogen-bond donors (Lipinski definition) is 10. The van der Waals surface area contributed by atoms with Crippen molar-refractivity contribution in [3.63, 3.8) is 0 Å². The van der Waals surface area contributed by atoms with Crippen molar-refractivity contribution in [2.45, 2.75) is 65.2 Å². The molecule has 0 spiro atoms. The fraction of sp³-hybridized carbons (Fsp3) is 0.900. The van der Waals surface area contributed by atoms with Gasteiger partial charge in [-0.05, 0) is 12.8 Å². The molecule has 0 saturated carbocycles. The molecule has 10 N–H and O–H groups in total. The van der Waals surface area contributed by atoms with Gasteiger partial charge in [0.25, 0.3) is 0 Å². The molecule has 0 bridgehead atoms. The summed E-state index contributed by atoms with van der Waals surface area (Å²) in [5, 5.41) is 77.3. The number of unbranched alkanes of at least 4 members (excludes halogenated alkanes) is 4. The van der Waals surface area contributed by atoms with Crippen molar-refractivity contribution >= 4 is 11.9 Å². The molecule has 0 aliphatic heterocycles. The third-order valence-electron chi connectivity index (χ3n) is 2.39. The minimum atomic E-state index is -0.682. The molecule has 0 saturated heterocycles. The van der Waals surface area contributed by atoms with Gasteiger partial charge in [-0.25, -0.2) is 0 Å². The molecule has 32 heavy (non-hydrogen) atoms. The minimum absolute atomic E-state index is 0.125. The summed E-state index contributed by atoms with van der Waals surface area (Å²) in [6.07, 6.45) is 6.55. The largest absolute Gasteiger partial charge is 0.481 e. The van der Waals surface area contributed by atoms with Crippen LogP contribution in [0.2, 0.25) is 0 Å². The average molecular weight is 481 g/mol. The number of aliphatic carboxylic acids is 2. The van der Waals surface area contributed by atoms with E-state index in [4.69, 9.17) is 51.1 Å². The van der Waals surface area contributed by atoms with Crippen LogP contribution in [0.25, 0.3) is 0 Å². The van der Waals surface area contributed by atoms with E-state index in [1.807, 2.05) is 0 Å². The molecule has 0 aromatic rings. The fourth-order valence-electron chi connectivity index (χ4n) is 1.05. The van der Waals surface area contributed by atoms with Crippen LogP contribution in [-0.2, 0) is 9.59 Å². The number of carboxylic acid groups (broad SMARTS) is 2. The first-order valence-electron chi connectivity index (χ1n) is 10.5. The maximum atomic E-state index is 9.87. The smallest absolute Gasteiger partial charge is 0.303 e. The van der Waals surface area contributed by atoms with Gasteiger partial charge in [0.1, 0.15) is 0 Å². The summed E-state index contributed by atoms with van der Waals surface area (Å²) in [5.74, 6) is -1.36. The zero-order valence-electron chi connectivity index (χ0n) is 19.6. The predicted molar refractivity (Wildman–Crippen MR) is 120 cm³/mol. The van der Waals surface area contributed by atoms with Crippen LogP contribution in [0.5, 0.6) is 0 Å².